The van der Waals surface area contributed by atoms with Crippen molar-refractivity contribution < 1.29 is 0 Å². The number of guanidine groups is 1. The van der Waals surface area contributed by atoms with E-state index in [1.807, 2.05) is 12.1 Å². The Morgan fingerprint density at radius 3 is 2.78 bits per heavy atom. The summed E-state index contributed by atoms with van der Waals surface area (Å²) in [5, 5.41) is 1.32. The highest BCUT2D eigenvalue weighted by atomic mass is 35.5. The zero-order valence-electron chi connectivity index (χ0n) is 10.5. The molecule has 18 heavy (non-hydrogen) atoms. The third kappa shape index (κ3) is 2.73. The maximum absolute atomic E-state index is 6.26. The first-order valence-electron chi connectivity index (χ1n) is 6.00. The van der Waals surface area contributed by atoms with Crippen LogP contribution in [0.2, 0.25) is 10.0 Å². The maximum Gasteiger partial charge on any atom is 0.191 e. The van der Waals surface area contributed by atoms with Gasteiger partial charge in [-0.3, -0.25) is 4.99 Å². The van der Waals surface area contributed by atoms with E-state index in [-0.39, 0.29) is 6.04 Å². The largest absolute Gasteiger partial charge is 0.370 e. The zero-order valence-corrected chi connectivity index (χ0v) is 12.0. The van der Waals surface area contributed by atoms with Gasteiger partial charge in [-0.1, -0.05) is 43.1 Å². The lowest BCUT2D eigenvalue weighted by molar-refractivity contribution is 0.309. The van der Waals surface area contributed by atoms with Crippen LogP contribution in [0.15, 0.2) is 23.2 Å². The van der Waals surface area contributed by atoms with Gasteiger partial charge in [0.15, 0.2) is 5.96 Å². The van der Waals surface area contributed by atoms with Gasteiger partial charge >= 0.3 is 0 Å². The minimum Gasteiger partial charge on any atom is -0.370 e. The van der Waals surface area contributed by atoms with Gasteiger partial charge in [-0.05, 0) is 23.6 Å². The molecule has 1 atom stereocenters. The summed E-state index contributed by atoms with van der Waals surface area (Å²) >= 11 is 12.2. The lowest BCUT2D eigenvalue weighted by atomic mass is 10.0. The maximum atomic E-state index is 6.26. The number of nitrogens with zero attached hydrogens (tertiary/aromatic N) is 2. The van der Waals surface area contributed by atoms with Crippen molar-refractivity contribution >= 4 is 29.2 Å². The fourth-order valence-corrected chi connectivity index (χ4v) is 2.72. The van der Waals surface area contributed by atoms with Crippen LogP contribution in [0.4, 0.5) is 0 Å². The smallest absolute Gasteiger partial charge is 0.191 e. The van der Waals surface area contributed by atoms with Gasteiger partial charge in [0.2, 0.25) is 0 Å². The van der Waals surface area contributed by atoms with Crippen molar-refractivity contribution in [3.05, 3.63) is 33.8 Å². The van der Waals surface area contributed by atoms with Crippen LogP contribution in [0, 0.1) is 5.92 Å². The average Bonchev–Trinajstić information content (AvgIpc) is 2.60. The lowest BCUT2D eigenvalue weighted by Crippen LogP contribution is -2.38. The van der Waals surface area contributed by atoms with Gasteiger partial charge in [-0.25, -0.2) is 0 Å². The molecule has 0 aromatic heterocycles. The Labute approximate surface area is 118 Å². The first-order chi connectivity index (χ1) is 8.49. The molecule has 0 saturated carbocycles. The Balaban J connectivity index is 2.27. The number of aliphatic imine (C=N–C) groups is 1. The van der Waals surface area contributed by atoms with Crippen LogP contribution < -0.4 is 5.73 Å². The molecule has 1 heterocycles. The molecule has 1 aromatic carbocycles. The van der Waals surface area contributed by atoms with Crippen molar-refractivity contribution in [1.29, 1.82) is 0 Å². The molecule has 0 aliphatic carbocycles. The van der Waals surface area contributed by atoms with E-state index in [1.54, 1.807) is 6.07 Å². The second-order valence-electron chi connectivity index (χ2n) is 4.93. The van der Waals surface area contributed by atoms with Crippen LogP contribution in [-0.4, -0.2) is 23.9 Å². The van der Waals surface area contributed by atoms with Gasteiger partial charge in [-0.15, -0.1) is 0 Å². The predicted molar refractivity (Wildman–Crippen MR) is 77.2 cm³/mol. The molecule has 0 bridgehead atoms. The van der Waals surface area contributed by atoms with Gasteiger partial charge in [0, 0.05) is 16.6 Å². The standard InChI is InChI=1S/C13H17Cl2N3/c1-8(2)7-18-12(6-17-13(18)16)10-4-3-9(14)5-11(10)15/h3-5,8,12H,6-7H2,1-2H3,(H2,16,17). The van der Waals surface area contributed by atoms with Crippen LogP contribution >= 0.6 is 23.2 Å². The second kappa shape index (κ2) is 5.37. The molecular weight excluding hydrogens is 269 g/mol. The first-order valence-corrected chi connectivity index (χ1v) is 6.76. The number of hydrogen-bond acceptors (Lipinski definition) is 3. The summed E-state index contributed by atoms with van der Waals surface area (Å²) in [5.74, 6) is 1.12. The summed E-state index contributed by atoms with van der Waals surface area (Å²) in [7, 11) is 0. The predicted octanol–water partition coefficient (Wildman–Crippen LogP) is 3.32. The Hall–Kier alpha value is -0.930. The highest BCUT2D eigenvalue weighted by Crippen LogP contribution is 2.32. The Morgan fingerprint density at radius 2 is 2.17 bits per heavy atom. The molecule has 0 radical (unpaired) electrons. The van der Waals surface area contributed by atoms with E-state index in [0.29, 0.717) is 28.5 Å². The van der Waals surface area contributed by atoms with Crippen molar-refractivity contribution in [1.82, 2.24) is 4.90 Å². The van der Waals surface area contributed by atoms with E-state index in [1.165, 1.54) is 0 Å². The van der Waals surface area contributed by atoms with Crippen molar-refractivity contribution in [3.8, 4) is 0 Å². The third-order valence-corrected chi connectivity index (χ3v) is 3.54. The van der Waals surface area contributed by atoms with Crippen LogP contribution in [0.25, 0.3) is 0 Å². The molecule has 1 aromatic rings. The molecule has 2 rings (SSSR count). The summed E-state index contributed by atoms with van der Waals surface area (Å²) in [6.07, 6.45) is 0. The molecule has 1 aliphatic rings. The molecule has 2 N–H and O–H groups in total. The molecular formula is C13H17Cl2N3. The van der Waals surface area contributed by atoms with E-state index in [2.05, 4.69) is 23.7 Å². The Morgan fingerprint density at radius 1 is 1.44 bits per heavy atom. The van der Waals surface area contributed by atoms with E-state index < -0.39 is 0 Å². The average molecular weight is 286 g/mol. The summed E-state index contributed by atoms with van der Waals surface area (Å²) in [4.78, 5) is 6.43. The summed E-state index contributed by atoms with van der Waals surface area (Å²) in [6, 6.07) is 5.69. The number of benzene rings is 1. The summed E-state index contributed by atoms with van der Waals surface area (Å²) in [5.41, 5.74) is 6.98. The van der Waals surface area contributed by atoms with Crippen molar-refractivity contribution in [3.63, 3.8) is 0 Å². The molecule has 0 spiro atoms. The number of halogens is 2. The molecule has 0 amide bonds. The molecule has 3 nitrogen and oxygen atoms in total. The molecule has 1 unspecified atom stereocenters. The molecule has 5 heteroatoms. The zero-order chi connectivity index (χ0) is 13.3. The van der Waals surface area contributed by atoms with Crippen LogP contribution in [0.5, 0.6) is 0 Å². The van der Waals surface area contributed by atoms with Crippen molar-refractivity contribution in [2.75, 3.05) is 13.1 Å². The fraction of sp³-hybridized carbons (Fsp3) is 0.462. The number of nitrogens with two attached hydrogens (primary N) is 1. The molecule has 0 fully saturated rings. The van der Waals surface area contributed by atoms with Gasteiger partial charge < -0.3 is 10.6 Å². The van der Waals surface area contributed by atoms with Gasteiger partial charge in [-0.2, -0.15) is 0 Å². The van der Waals surface area contributed by atoms with Gasteiger partial charge in [0.05, 0.1) is 12.6 Å². The summed E-state index contributed by atoms with van der Waals surface area (Å²) < 4.78 is 0. The van der Waals surface area contributed by atoms with Crippen molar-refractivity contribution in [2.45, 2.75) is 19.9 Å². The van der Waals surface area contributed by atoms with Crippen molar-refractivity contribution in [2.24, 2.45) is 16.6 Å². The molecule has 0 saturated heterocycles. The molecule has 98 valence electrons. The highest BCUT2D eigenvalue weighted by molar-refractivity contribution is 6.35. The monoisotopic (exact) mass is 285 g/mol. The Kier molecular flexibility index (Phi) is 4.03. The topological polar surface area (TPSA) is 41.6 Å². The van der Waals surface area contributed by atoms with E-state index in [4.69, 9.17) is 28.9 Å². The number of hydrogen-bond donors (Lipinski definition) is 1. The highest BCUT2D eigenvalue weighted by Gasteiger charge is 2.29. The second-order valence-corrected chi connectivity index (χ2v) is 5.77. The molecule has 1 aliphatic heterocycles. The third-order valence-electron chi connectivity index (χ3n) is 2.98. The normalized spacial score (nSPS) is 19.5. The fourth-order valence-electron chi connectivity index (χ4n) is 2.18. The van der Waals surface area contributed by atoms with Crippen LogP contribution in [0.1, 0.15) is 25.5 Å². The van der Waals surface area contributed by atoms with Crippen LogP contribution in [-0.2, 0) is 0 Å². The lowest BCUT2D eigenvalue weighted by Gasteiger charge is -2.28. The van der Waals surface area contributed by atoms with Gasteiger partial charge in [0.1, 0.15) is 0 Å². The Bertz CT molecular complexity index is 471. The SMILES string of the molecule is CC(C)CN1C(N)=NCC1c1ccc(Cl)cc1Cl. The number of rotatable bonds is 3. The quantitative estimate of drug-likeness (QED) is 0.926. The van der Waals surface area contributed by atoms with Crippen LogP contribution in [0.3, 0.4) is 0 Å². The van der Waals surface area contributed by atoms with E-state index in [0.717, 1.165) is 12.1 Å². The van der Waals surface area contributed by atoms with E-state index in [9.17, 15) is 0 Å². The first kappa shape index (κ1) is 13.5. The van der Waals surface area contributed by atoms with E-state index >= 15 is 0 Å². The minimum atomic E-state index is 0.122. The van der Waals surface area contributed by atoms with Gasteiger partial charge in [0.25, 0.3) is 0 Å². The minimum absolute atomic E-state index is 0.122. The summed E-state index contributed by atoms with van der Waals surface area (Å²) in [6.45, 7) is 5.84.